The summed E-state index contributed by atoms with van der Waals surface area (Å²) in [6, 6.07) is 12.1. The summed E-state index contributed by atoms with van der Waals surface area (Å²) in [4.78, 5) is 12.8. The number of nitrogens with one attached hydrogen (secondary N) is 1. The zero-order valence-corrected chi connectivity index (χ0v) is 19.5. The molecule has 2 aromatic carbocycles. The van der Waals surface area contributed by atoms with E-state index in [0.717, 1.165) is 5.56 Å². The van der Waals surface area contributed by atoms with Crippen molar-refractivity contribution in [1.29, 1.82) is 0 Å². The topological polar surface area (TPSA) is 94.2 Å². The van der Waals surface area contributed by atoms with Gasteiger partial charge in [0, 0.05) is 25.1 Å². The van der Waals surface area contributed by atoms with E-state index in [2.05, 4.69) is 5.32 Å². The fraction of sp³-hybridized carbons (Fsp3) is 0.435. The van der Waals surface area contributed by atoms with Crippen LogP contribution >= 0.6 is 0 Å². The first kappa shape index (κ1) is 24.0. The molecule has 1 atom stereocenters. The molecule has 1 aliphatic heterocycles. The molecule has 32 heavy (non-hydrogen) atoms. The van der Waals surface area contributed by atoms with Crippen LogP contribution in [-0.2, 0) is 26.0 Å². The molecule has 0 bridgehead atoms. The maximum Gasteiger partial charge on any atom is 0.243 e. The number of para-hydroxylation sites is 1. The molecule has 0 saturated carbocycles. The average Bonchev–Trinajstić information content (AvgIpc) is 2.82. The fourth-order valence-corrected chi connectivity index (χ4v) is 5.17. The molecule has 0 aliphatic carbocycles. The zero-order valence-electron chi connectivity index (χ0n) is 18.7. The van der Waals surface area contributed by atoms with Crippen molar-refractivity contribution in [2.24, 2.45) is 0 Å². The molecule has 1 aliphatic rings. The van der Waals surface area contributed by atoms with Crippen molar-refractivity contribution < 1.29 is 27.4 Å². The van der Waals surface area contributed by atoms with Crippen molar-refractivity contribution in [1.82, 2.24) is 9.62 Å². The number of carbonyl (C=O) groups is 1. The molecule has 1 amide bonds. The van der Waals surface area contributed by atoms with Gasteiger partial charge in [0.05, 0.1) is 38.4 Å². The minimum atomic E-state index is -3.63. The van der Waals surface area contributed by atoms with Crippen LogP contribution in [0.3, 0.4) is 0 Å². The van der Waals surface area contributed by atoms with E-state index in [9.17, 15) is 13.2 Å². The Labute approximate surface area is 189 Å². The van der Waals surface area contributed by atoms with Crippen LogP contribution in [-0.4, -0.2) is 59.2 Å². The van der Waals surface area contributed by atoms with Crippen LogP contribution in [0.4, 0.5) is 0 Å². The normalized spacial score (nSPS) is 15.7. The largest absolute Gasteiger partial charge is 0.496 e. The molecule has 1 heterocycles. The Kier molecular flexibility index (Phi) is 8.11. The lowest BCUT2D eigenvalue weighted by molar-refractivity contribution is -0.121. The molecule has 0 aromatic heterocycles. The van der Waals surface area contributed by atoms with E-state index in [1.165, 1.54) is 17.5 Å². The molecule has 1 unspecified atom stereocenters. The van der Waals surface area contributed by atoms with Crippen LogP contribution in [0.15, 0.2) is 47.4 Å². The van der Waals surface area contributed by atoms with Crippen molar-refractivity contribution in [3.63, 3.8) is 0 Å². The van der Waals surface area contributed by atoms with Crippen LogP contribution < -0.4 is 14.8 Å². The second kappa shape index (κ2) is 10.8. The van der Waals surface area contributed by atoms with Gasteiger partial charge in [0.25, 0.3) is 0 Å². The number of nitrogens with zero attached hydrogens (tertiary/aromatic N) is 1. The molecule has 9 heteroatoms. The van der Waals surface area contributed by atoms with Gasteiger partial charge in [-0.05, 0) is 43.2 Å². The summed E-state index contributed by atoms with van der Waals surface area (Å²) in [5, 5.41) is 2.98. The fourth-order valence-electron chi connectivity index (χ4n) is 3.71. The first-order valence-corrected chi connectivity index (χ1v) is 12.0. The van der Waals surface area contributed by atoms with Gasteiger partial charge in [-0.3, -0.25) is 4.79 Å². The Hall–Kier alpha value is -2.62. The van der Waals surface area contributed by atoms with Gasteiger partial charge in [0.2, 0.25) is 15.9 Å². The highest BCUT2D eigenvalue weighted by atomic mass is 32.2. The van der Waals surface area contributed by atoms with E-state index in [0.29, 0.717) is 49.8 Å². The van der Waals surface area contributed by atoms with Crippen molar-refractivity contribution in [3.05, 3.63) is 53.6 Å². The lowest BCUT2D eigenvalue weighted by Crippen LogP contribution is -2.40. The van der Waals surface area contributed by atoms with Crippen molar-refractivity contribution >= 4 is 15.9 Å². The molecule has 0 radical (unpaired) electrons. The van der Waals surface area contributed by atoms with Gasteiger partial charge in [-0.25, -0.2) is 8.42 Å². The highest BCUT2D eigenvalue weighted by molar-refractivity contribution is 7.89. The number of rotatable bonds is 9. The summed E-state index contributed by atoms with van der Waals surface area (Å²) in [5.74, 6) is 1.12. The van der Waals surface area contributed by atoms with Gasteiger partial charge in [-0.15, -0.1) is 0 Å². The maximum atomic E-state index is 13.0. The Bertz CT molecular complexity index is 1030. The number of methoxy groups -OCH3 is 2. The molecule has 1 saturated heterocycles. The van der Waals surface area contributed by atoms with Crippen LogP contribution in [0.2, 0.25) is 0 Å². The Morgan fingerprint density at radius 1 is 1.09 bits per heavy atom. The van der Waals surface area contributed by atoms with E-state index < -0.39 is 10.0 Å². The monoisotopic (exact) mass is 462 g/mol. The summed E-state index contributed by atoms with van der Waals surface area (Å²) in [6.07, 6.45) is 0.539. The number of sulfonamides is 1. The van der Waals surface area contributed by atoms with E-state index >= 15 is 0 Å². The summed E-state index contributed by atoms with van der Waals surface area (Å²) >= 11 is 0. The van der Waals surface area contributed by atoms with E-state index in [1.54, 1.807) is 19.2 Å². The number of ether oxygens (including phenoxy) is 3. The number of hydrogen-bond acceptors (Lipinski definition) is 6. The Morgan fingerprint density at radius 3 is 2.47 bits per heavy atom. The minimum Gasteiger partial charge on any atom is -0.496 e. The second-order valence-electron chi connectivity index (χ2n) is 7.52. The predicted molar refractivity (Wildman–Crippen MR) is 120 cm³/mol. The molecule has 2 aromatic rings. The molecule has 1 fully saturated rings. The molecule has 174 valence electrons. The minimum absolute atomic E-state index is 0.146. The summed E-state index contributed by atoms with van der Waals surface area (Å²) < 4.78 is 43.4. The van der Waals surface area contributed by atoms with E-state index in [-0.39, 0.29) is 23.3 Å². The molecule has 1 N–H and O–H groups in total. The summed E-state index contributed by atoms with van der Waals surface area (Å²) in [7, 11) is -0.506. The van der Waals surface area contributed by atoms with Gasteiger partial charge in [-0.1, -0.05) is 18.2 Å². The van der Waals surface area contributed by atoms with Crippen LogP contribution in [0, 0.1) is 0 Å². The highest BCUT2D eigenvalue weighted by Gasteiger charge is 2.27. The molecular weight excluding hydrogens is 432 g/mol. The first-order chi connectivity index (χ1) is 15.4. The van der Waals surface area contributed by atoms with Crippen LogP contribution in [0.1, 0.15) is 30.5 Å². The third kappa shape index (κ3) is 5.59. The maximum absolute atomic E-state index is 13.0. The van der Waals surface area contributed by atoms with Gasteiger partial charge < -0.3 is 19.5 Å². The molecule has 0 spiro atoms. The van der Waals surface area contributed by atoms with E-state index in [1.807, 2.05) is 31.2 Å². The SMILES string of the molecule is COc1ccc(S(=O)(=O)N2CCOCC2)cc1CCC(=O)NC(C)c1ccccc1OC. The Balaban J connectivity index is 1.69. The van der Waals surface area contributed by atoms with Crippen molar-refractivity contribution in [3.8, 4) is 11.5 Å². The lowest BCUT2D eigenvalue weighted by Gasteiger charge is -2.26. The molecular formula is C23H30N2O6S. The van der Waals surface area contributed by atoms with Gasteiger partial charge in [-0.2, -0.15) is 4.31 Å². The number of carbonyl (C=O) groups excluding carboxylic acids is 1. The smallest absolute Gasteiger partial charge is 0.243 e. The van der Waals surface area contributed by atoms with Crippen LogP contribution in [0.5, 0.6) is 11.5 Å². The number of amides is 1. The van der Waals surface area contributed by atoms with Gasteiger partial charge in [0.15, 0.2) is 0 Å². The zero-order chi connectivity index (χ0) is 23.1. The highest BCUT2D eigenvalue weighted by Crippen LogP contribution is 2.27. The number of aryl methyl sites for hydroxylation is 1. The standard InChI is InChI=1S/C23H30N2O6S/c1-17(20-6-4-5-7-22(20)30-3)24-23(26)11-8-18-16-19(9-10-21(18)29-2)32(27,28)25-12-14-31-15-13-25/h4-7,9-10,16-17H,8,11-15H2,1-3H3,(H,24,26). The number of morpholine rings is 1. The molecule has 3 rings (SSSR count). The number of hydrogen-bond donors (Lipinski definition) is 1. The lowest BCUT2D eigenvalue weighted by atomic mass is 10.1. The third-order valence-corrected chi connectivity index (χ3v) is 7.36. The van der Waals surface area contributed by atoms with Gasteiger partial charge >= 0.3 is 0 Å². The average molecular weight is 463 g/mol. The summed E-state index contributed by atoms with van der Waals surface area (Å²) in [6.45, 7) is 3.31. The third-order valence-electron chi connectivity index (χ3n) is 5.46. The van der Waals surface area contributed by atoms with Gasteiger partial charge in [0.1, 0.15) is 11.5 Å². The van der Waals surface area contributed by atoms with Crippen LogP contribution in [0.25, 0.3) is 0 Å². The second-order valence-corrected chi connectivity index (χ2v) is 9.46. The first-order valence-electron chi connectivity index (χ1n) is 10.5. The quantitative estimate of drug-likeness (QED) is 0.616. The Morgan fingerprint density at radius 2 is 1.78 bits per heavy atom. The number of benzene rings is 2. The van der Waals surface area contributed by atoms with Crippen molar-refractivity contribution in [2.75, 3.05) is 40.5 Å². The molecule has 8 nitrogen and oxygen atoms in total. The summed E-state index contributed by atoms with van der Waals surface area (Å²) in [5.41, 5.74) is 1.56. The van der Waals surface area contributed by atoms with E-state index in [4.69, 9.17) is 14.2 Å². The predicted octanol–water partition coefficient (Wildman–Crippen LogP) is 2.53. The van der Waals surface area contributed by atoms with Crippen molar-refractivity contribution in [2.45, 2.75) is 30.7 Å².